The van der Waals surface area contributed by atoms with Crippen LogP contribution in [0.2, 0.25) is 5.02 Å². The molecule has 3 aromatic rings. The van der Waals surface area contributed by atoms with Crippen molar-refractivity contribution < 1.29 is 14.3 Å². The molecule has 0 saturated heterocycles. The van der Waals surface area contributed by atoms with Crippen molar-refractivity contribution in [2.45, 2.75) is 27.4 Å². The number of amides is 2. The average molecular weight is 455 g/mol. The molecule has 0 atom stereocenters. The van der Waals surface area contributed by atoms with E-state index in [4.69, 9.17) is 16.3 Å². The van der Waals surface area contributed by atoms with Crippen molar-refractivity contribution in [2.24, 2.45) is 13.0 Å². The molecule has 32 heavy (non-hydrogen) atoms. The van der Waals surface area contributed by atoms with Crippen LogP contribution in [0.4, 0.5) is 5.69 Å². The first-order valence-electron chi connectivity index (χ1n) is 10.3. The number of carbonyl (C=O) groups is 2. The Bertz CT molecular complexity index is 1110. The minimum atomic E-state index is -0.329. The molecule has 2 N–H and O–H groups in total. The Morgan fingerprint density at radius 2 is 1.84 bits per heavy atom. The lowest BCUT2D eigenvalue weighted by Gasteiger charge is -2.11. The summed E-state index contributed by atoms with van der Waals surface area (Å²) in [5, 5.41) is 10.3. The van der Waals surface area contributed by atoms with E-state index < -0.39 is 0 Å². The van der Waals surface area contributed by atoms with E-state index in [-0.39, 0.29) is 11.8 Å². The number of halogens is 1. The van der Waals surface area contributed by atoms with E-state index in [0.717, 1.165) is 11.1 Å². The molecule has 0 bridgehead atoms. The van der Waals surface area contributed by atoms with Crippen LogP contribution in [0.25, 0.3) is 0 Å². The average Bonchev–Trinajstić information content (AvgIpc) is 3.12. The molecular weight excluding hydrogens is 428 g/mol. The summed E-state index contributed by atoms with van der Waals surface area (Å²) in [5.74, 6) is 0.324. The van der Waals surface area contributed by atoms with Gasteiger partial charge in [-0.05, 0) is 48.2 Å². The molecule has 3 rings (SSSR count). The highest BCUT2D eigenvalue weighted by molar-refractivity contribution is 6.32. The number of hydrogen-bond donors (Lipinski definition) is 2. The molecule has 0 fully saturated rings. The molecule has 1 heterocycles. The zero-order valence-electron chi connectivity index (χ0n) is 18.6. The second kappa shape index (κ2) is 10.3. The van der Waals surface area contributed by atoms with Crippen molar-refractivity contribution in [1.29, 1.82) is 0 Å². The molecule has 0 spiro atoms. The predicted molar refractivity (Wildman–Crippen MR) is 125 cm³/mol. The van der Waals surface area contributed by atoms with Crippen LogP contribution in [0.5, 0.6) is 5.75 Å². The van der Waals surface area contributed by atoms with E-state index in [1.807, 2.05) is 45.0 Å². The lowest BCUT2D eigenvalue weighted by atomic mass is 10.1. The van der Waals surface area contributed by atoms with E-state index in [2.05, 4.69) is 15.7 Å². The van der Waals surface area contributed by atoms with Crippen LogP contribution >= 0.6 is 11.6 Å². The monoisotopic (exact) mass is 454 g/mol. The van der Waals surface area contributed by atoms with Crippen LogP contribution in [-0.2, 0) is 13.7 Å². The van der Waals surface area contributed by atoms with Crippen LogP contribution in [-0.4, -0.2) is 28.1 Å². The van der Waals surface area contributed by atoms with Gasteiger partial charge in [0.15, 0.2) is 0 Å². The zero-order valence-corrected chi connectivity index (χ0v) is 19.4. The molecule has 8 heteroatoms. The molecule has 0 unspecified atom stereocenters. The number of nitrogens with zero attached hydrogens (tertiary/aromatic N) is 2. The van der Waals surface area contributed by atoms with Gasteiger partial charge in [0.1, 0.15) is 18.1 Å². The van der Waals surface area contributed by atoms with Gasteiger partial charge in [0.25, 0.3) is 11.8 Å². The first-order valence-corrected chi connectivity index (χ1v) is 10.7. The smallest absolute Gasteiger partial charge is 0.271 e. The van der Waals surface area contributed by atoms with Crippen molar-refractivity contribution in [3.05, 3.63) is 76.1 Å². The summed E-state index contributed by atoms with van der Waals surface area (Å²) in [5.41, 5.74) is 3.08. The molecule has 0 aliphatic rings. The lowest BCUT2D eigenvalue weighted by molar-refractivity contribution is 0.0940. The maximum absolute atomic E-state index is 12.7. The minimum absolute atomic E-state index is 0.281. The van der Waals surface area contributed by atoms with Crippen molar-refractivity contribution in [2.75, 3.05) is 11.9 Å². The second-order valence-corrected chi connectivity index (χ2v) is 8.42. The van der Waals surface area contributed by atoms with Gasteiger partial charge >= 0.3 is 0 Å². The first-order chi connectivity index (χ1) is 15.2. The van der Waals surface area contributed by atoms with Crippen LogP contribution in [0.1, 0.15) is 45.8 Å². The molecule has 2 aromatic carbocycles. The van der Waals surface area contributed by atoms with Gasteiger partial charge in [-0.3, -0.25) is 14.3 Å². The highest BCUT2D eigenvalue weighted by atomic mass is 35.5. The number of hydrogen-bond acceptors (Lipinski definition) is 4. The topological polar surface area (TPSA) is 85.2 Å². The van der Waals surface area contributed by atoms with Gasteiger partial charge in [0, 0.05) is 19.2 Å². The summed E-state index contributed by atoms with van der Waals surface area (Å²) in [6.45, 7) is 6.85. The number of anilines is 1. The number of benzene rings is 2. The number of ether oxygens (including phenoxy) is 1. The van der Waals surface area contributed by atoms with E-state index in [1.165, 1.54) is 10.9 Å². The Morgan fingerprint density at radius 3 is 2.53 bits per heavy atom. The number of carbonyl (C=O) groups excluding carboxylic acids is 2. The predicted octanol–water partition coefficient (Wildman–Crippen LogP) is 4.60. The van der Waals surface area contributed by atoms with E-state index in [0.29, 0.717) is 46.8 Å². The fraction of sp³-hybridized carbons (Fsp3) is 0.292. The lowest BCUT2D eigenvalue weighted by Crippen LogP contribution is -2.30. The summed E-state index contributed by atoms with van der Waals surface area (Å²) in [6, 6.07) is 12.7. The summed E-state index contributed by atoms with van der Waals surface area (Å²) < 4.78 is 7.24. The van der Waals surface area contributed by atoms with E-state index in [1.54, 1.807) is 25.2 Å². The largest absolute Gasteiger partial charge is 0.487 e. The standard InChI is InChI=1S/C24H27ClN4O3/c1-15(2)12-26-24(31)22-20(13-27-29(22)4)28-23(30)18-8-6-17(7-9-18)14-32-21-11-16(3)5-10-19(21)25/h5-11,13,15H,12,14H2,1-4H3,(H,26,31)(H,28,30). The third kappa shape index (κ3) is 5.88. The molecule has 0 aliphatic carbocycles. The molecule has 0 saturated carbocycles. The number of nitrogens with one attached hydrogen (secondary N) is 2. The fourth-order valence-electron chi connectivity index (χ4n) is 3.01. The summed E-state index contributed by atoms with van der Waals surface area (Å²) >= 11 is 6.16. The van der Waals surface area contributed by atoms with Crippen LogP contribution in [0.15, 0.2) is 48.7 Å². The Kier molecular flexibility index (Phi) is 7.53. The van der Waals surface area contributed by atoms with Gasteiger partial charge < -0.3 is 15.4 Å². The number of aryl methyl sites for hydroxylation is 2. The third-order valence-electron chi connectivity index (χ3n) is 4.77. The van der Waals surface area contributed by atoms with Gasteiger partial charge in [-0.25, -0.2) is 0 Å². The number of aromatic nitrogens is 2. The Morgan fingerprint density at radius 1 is 1.12 bits per heavy atom. The highest BCUT2D eigenvalue weighted by Crippen LogP contribution is 2.26. The van der Waals surface area contributed by atoms with Gasteiger partial charge in [-0.15, -0.1) is 0 Å². The minimum Gasteiger partial charge on any atom is -0.487 e. The van der Waals surface area contributed by atoms with Gasteiger partial charge in [0.2, 0.25) is 0 Å². The van der Waals surface area contributed by atoms with E-state index >= 15 is 0 Å². The van der Waals surface area contributed by atoms with Crippen molar-refractivity contribution in [3.8, 4) is 5.75 Å². The molecule has 7 nitrogen and oxygen atoms in total. The van der Waals surface area contributed by atoms with Gasteiger partial charge in [-0.1, -0.05) is 43.6 Å². The Balaban J connectivity index is 1.64. The summed E-state index contributed by atoms with van der Waals surface area (Å²) in [6.07, 6.45) is 1.47. The maximum atomic E-state index is 12.7. The van der Waals surface area contributed by atoms with Crippen LogP contribution in [0, 0.1) is 12.8 Å². The van der Waals surface area contributed by atoms with E-state index in [9.17, 15) is 9.59 Å². The quantitative estimate of drug-likeness (QED) is 0.521. The first kappa shape index (κ1) is 23.3. The third-order valence-corrected chi connectivity index (χ3v) is 5.08. The maximum Gasteiger partial charge on any atom is 0.271 e. The van der Waals surface area contributed by atoms with Crippen molar-refractivity contribution in [3.63, 3.8) is 0 Å². The fourth-order valence-corrected chi connectivity index (χ4v) is 3.18. The van der Waals surface area contributed by atoms with Gasteiger partial charge in [-0.2, -0.15) is 5.10 Å². The molecular formula is C24H27ClN4O3. The van der Waals surface area contributed by atoms with Crippen molar-refractivity contribution >= 4 is 29.1 Å². The summed E-state index contributed by atoms with van der Waals surface area (Å²) in [7, 11) is 1.66. The molecule has 2 amide bonds. The molecule has 0 aliphatic heterocycles. The SMILES string of the molecule is Cc1ccc(Cl)c(OCc2ccc(C(=O)Nc3cnn(C)c3C(=O)NCC(C)C)cc2)c1. The number of rotatable bonds is 8. The molecule has 1 aromatic heterocycles. The normalized spacial score (nSPS) is 10.8. The molecule has 0 radical (unpaired) electrons. The second-order valence-electron chi connectivity index (χ2n) is 8.01. The Labute approximate surface area is 192 Å². The zero-order chi connectivity index (χ0) is 23.3. The Hall–Kier alpha value is -3.32. The highest BCUT2D eigenvalue weighted by Gasteiger charge is 2.19. The summed E-state index contributed by atoms with van der Waals surface area (Å²) in [4.78, 5) is 25.2. The molecule has 168 valence electrons. The van der Waals surface area contributed by atoms with Crippen LogP contribution < -0.4 is 15.4 Å². The van der Waals surface area contributed by atoms with Crippen molar-refractivity contribution in [1.82, 2.24) is 15.1 Å². The van der Waals surface area contributed by atoms with Gasteiger partial charge in [0.05, 0.1) is 16.9 Å². The van der Waals surface area contributed by atoms with Crippen LogP contribution in [0.3, 0.4) is 0 Å².